The first-order chi connectivity index (χ1) is 7.65. The van der Waals surface area contributed by atoms with Crippen molar-refractivity contribution >= 4 is 50.4 Å². The van der Waals surface area contributed by atoms with Crippen LogP contribution in [-0.2, 0) is 0 Å². The molecule has 0 bridgehead atoms. The van der Waals surface area contributed by atoms with E-state index in [1.807, 2.05) is 6.07 Å². The quantitative estimate of drug-likeness (QED) is 0.618. The monoisotopic (exact) mass is 391 g/mol. The van der Waals surface area contributed by atoms with Gasteiger partial charge in [-0.15, -0.1) is 0 Å². The molecule has 0 aliphatic heterocycles. The number of hydrogen-bond acceptors (Lipinski definition) is 3. The third-order valence-electron chi connectivity index (χ3n) is 1.83. The maximum Gasteiger partial charge on any atom is 0.178 e. The molecule has 2 rings (SSSR count). The summed E-state index contributed by atoms with van der Waals surface area (Å²) in [5, 5.41) is 9.25. The van der Waals surface area contributed by atoms with E-state index in [4.69, 9.17) is 4.42 Å². The molecule has 0 spiro atoms. The largest absolute Gasteiger partial charge is 0.508 e. The molecule has 0 aliphatic carbocycles. The van der Waals surface area contributed by atoms with Crippen molar-refractivity contribution in [3.8, 4) is 5.75 Å². The van der Waals surface area contributed by atoms with Gasteiger partial charge in [0.25, 0.3) is 0 Å². The van der Waals surface area contributed by atoms with Gasteiger partial charge >= 0.3 is 0 Å². The minimum Gasteiger partial charge on any atom is -0.508 e. The van der Waals surface area contributed by atoms with Crippen LogP contribution in [0.1, 0.15) is 5.76 Å². The Morgan fingerprint density at radius 2 is 2.19 bits per heavy atom. The van der Waals surface area contributed by atoms with E-state index in [-0.39, 0.29) is 5.75 Å². The smallest absolute Gasteiger partial charge is 0.178 e. The SMILES string of the molecule is Oc1cccc(N=Cc2cc(Br)c(I)o2)c1. The third-order valence-corrected chi connectivity index (χ3v) is 3.97. The average Bonchev–Trinajstić information content (AvgIpc) is 2.56. The second-order valence-electron chi connectivity index (χ2n) is 3.05. The molecule has 0 saturated carbocycles. The van der Waals surface area contributed by atoms with Crippen molar-refractivity contribution < 1.29 is 9.52 Å². The number of aliphatic imine (C=N–C) groups is 1. The van der Waals surface area contributed by atoms with E-state index in [9.17, 15) is 5.11 Å². The first-order valence-corrected chi connectivity index (χ1v) is 6.30. The normalized spacial score (nSPS) is 11.1. The zero-order chi connectivity index (χ0) is 11.5. The van der Waals surface area contributed by atoms with E-state index in [1.165, 1.54) is 0 Å². The molecule has 5 heteroatoms. The molecule has 82 valence electrons. The van der Waals surface area contributed by atoms with Crippen molar-refractivity contribution in [3.63, 3.8) is 0 Å². The lowest BCUT2D eigenvalue weighted by Gasteiger charge is -1.93. The Balaban J connectivity index is 2.21. The Labute approximate surface area is 114 Å². The van der Waals surface area contributed by atoms with Gasteiger partial charge in [0.2, 0.25) is 0 Å². The maximum atomic E-state index is 9.25. The molecule has 16 heavy (non-hydrogen) atoms. The van der Waals surface area contributed by atoms with E-state index < -0.39 is 0 Å². The van der Waals surface area contributed by atoms with Crippen LogP contribution in [0, 0.1) is 3.77 Å². The fraction of sp³-hybridized carbons (Fsp3) is 0. The summed E-state index contributed by atoms with van der Waals surface area (Å²) in [5.74, 6) is 0.865. The molecule has 3 nitrogen and oxygen atoms in total. The molecule has 0 atom stereocenters. The molecule has 2 aromatic rings. The van der Waals surface area contributed by atoms with Crippen LogP contribution in [0.4, 0.5) is 5.69 Å². The summed E-state index contributed by atoms with van der Waals surface area (Å²) in [5.41, 5.74) is 0.683. The fourth-order valence-corrected chi connectivity index (χ4v) is 1.85. The van der Waals surface area contributed by atoms with Gasteiger partial charge in [0.1, 0.15) is 11.5 Å². The van der Waals surface area contributed by atoms with E-state index in [1.54, 1.807) is 30.5 Å². The van der Waals surface area contributed by atoms with Crippen molar-refractivity contribution in [1.29, 1.82) is 0 Å². The molecule has 0 radical (unpaired) electrons. The van der Waals surface area contributed by atoms with Gasteiger partial charge < -0.3 is 9.52 Å². The highest BCUT2D eigenvalue weighted by molar-refractivity contribution is 14.1. The molecule has 0 saturated heterocycles. The number of rotatable bonds is 2. The number of aromatic hydroxyl groups is 1. The summed E-state index contributed by atoms with van der Waals surface area (Å²) in [7, 11) is 0. The maximum absolute atomic E-state index is 9.25. The van der Waals surface area contributed by atoms with Crippen molar-refractivity contribution in [1.82, 2.24) is 0 Å². The van der Waals surface area contributed by atoms with Gasteiger partial charge in [-0.3, -0.25) is 4.99 Å². The number of phenolic OH excluding ortho intramolecular Hbond substituents is 1. The molecule has 1 N–H and O–H groups in total. The molecular weight excluding hydrogens is 385 g/mol. The number of benzene rings is 1. The summed E-state index contributed by atoms with van der Waals surface area (Å²) < 4.78 is 7.09. The lowest BCUT2D eigenvalue weighted by atomic mass is 10.3. The second-order valence-corrected chi connectivity index (χ2v) is 4.88. The average molecular weight is 392 g/mol. The third kappa shape index (κ3) is 2.85. The molecule has 1 aromatic carbocycles. The summed E-state index contributed by atoms with van der Waals surface area (Å²) in [4.78, 5) is 4.19. The van der Waals surface area contributed by atoms with Gasteiger partial charge in [0, 0.05) is 34.7 Å². The summed E-state index contributed by atoms with van der Waals surface area (Å²) in [6, 6.07) is 8.57. The van der Waals surface area contributed by atoms with Gasteiger partial charge in [-0.25, -0.2) is 0 Å². The minimum atomic E-state index is 0.199. The van der Waals surface area contributed by atoms with Gasteiger partial charge in [0.05, 0.1) is 16.4 Å². The van der Waals surface area contributed by atoms with Crippen LogP contribution in [0.3, 0.4) is 0 Å². The van der Waals surface area contributed by atoms with Crippen molar-refractivity contribution in [2.24, 2.45) is 4.99 Å². The van der Waals surface area contributed by atoms with Crippen LogP contribution in [0.5, 0.6) is 5.75 Å². The molecule has 1 aromatic heterocycles. The molecule has 0 amide bonds. The summed E-state index contributed by atoms with van der Waals surface area (Å²) in [6.07, 6.45) is 1.61. The Hall–Kier alpha value is -0.820. The van der Waals surface area contributed by atoms with E-state index in [0.29, 0.717) is 11.4 Å². The van der Waals surface area contributed by atoms with Crippen molar-refractivity contribution in [2.45, 2.75) is 0 Å². The number of phenols is 1. The topological polar surface area (TPSA) is 45.7 Å². The number of halogens is 2. The minimum absolute atomic E-state index is 0.199. The Bertz CT molecular complexity index is 517. The zero-order valence-corrected chi connectivity index (χ0v) is 11.8. The van der Waals surface area contributed by atoms with Gasteiger partial charge in [0.15, 0.2) is 3.77 Å². The number of nitrogens with zero attached hydrogens (tertiary/aromatic N) is 1. The molecule has 0 aliphatic rings. The highest BCUT2D eigenvalue weighted by Crippen LogP contribution is 2.23. The van der Waals surface area contributed by atoms with Crippen molar-refractivity contribution in [3.05, 3.63) is 44.3 Å². The Kier molecular flexibility index (Phi) is 3.65. The van der Waals surface area contributed by atoms with E-state index in [2.05, 4.69) is 43.5 Å². The van der Waals surface area contributed by atoms with Gasteiger partial charge in [-0.1, -0.05) is 6.07 Å². The summed E-state index contributed by atoms with van der Waals surface area (Å²) >= 11 is 5.44. The molecule has 1 heterocycles. The fourth-order valence-electron chi connectivity index (χ4n) is 1.14. The molecule has 0 unspecified atom stereocenters. The van der Waals surface area contributed by atoms with E-state index in [0.717, 1.165) is 8.24 Å². The van der Waals surface area contributed by atoms with Gasteiger partial charge in [-0.2, -0.15) is 0 Å². The van der Waals surface area contributed by atoms with Crippen LogP contribution in [0.15, 0.2) is 44.2 Å². The lowest BCUT2D eigenvalue weighted by Crippen LogP contribution is -1.73. The van der Waals surface area contributed by atoms with Crippen LogP contribution < -0.4 is 0 Å². The number of furan rings is 1. The zero-order valence-electron chi connectivity index (χ0n) is 8.02. The predicted molar refractivity (Wildman–Crippen MR) is 74.5 cm³/mol. The molecular formula is C11H7BrINO2. The van der Waals surface area contributed by atoms with Gasteiger partial charge in [-0.05, 0) is 28.1 Å². The van der Waals surface area contributed by atoms with Crippen LogP contribution in [-0.4, -0.2) is 11.3 Å². The Morgan fingerprint density at radius 1 is 1.38 bits per heavy atom. The predicted octanol–water partition coefficient (Wildman–Crippen LogP) is 4.10. The first-order valence-electron chi connectivity index (χ1n) is 4.43. The van der Waals surface area contributed by atoms with Crippen LogP contribution in [0.25, 0.3) is 0 Å². The Morgan fingerprint density at radius 3 is 2.81 bits per heavy atom. The molecule has 0 fully saturated rings. The lowest BCUT2D eigenvalue weighted by molar-refractivity contribution is 0.475. The van der Waals surface area contributed by atoms with Crippen LogP contribution >= 0.6 is 38.5 Å². The highest BCUT2D eigenvalue weighted by atomic mass is 127. The van der Waals surface area contributed by atoms with Crippen molar-refractivity contribution in [2.75, 3.05) is 0 Å². The highest BCUT2D eigenvalue weighted by Gasteiger charge is 2.03. The second kappa shape index (κ2) is 5.01. The summed E-state index contributed by atoms with van der Waals surface area (Å²) in [6.45, 7) is 0. The van der Waals surface area contributed by atoms with Crippen LogP contribution in [0.2, 0.25) is 0 Å². The first kappa shape index (κ1) is 11.7. The standard InChI is InChI=1S/C11H7BrINO2/c12-10-5-9(16-11(10)13)6-14-7-2-1-3-8(15)4-7/h1-6,15H. The van der Waals surface area contributed by atoms with E-state index >= 15 is 0 Å². The number of hydrogen-bond donors (Lipinski definition) is 1.